The van der Waals surface area contributed by atoms with E-state index in [9.17, 15) is 17.6 Å². The maximum absolute atomic E-state index is 13.1. The Bertz CT molecular complexity index is 1180. The van der Waals surface area contributed by atoms with E-state index in [2.05, 4.69) is 4.72 Å². The molecule has 0 fully saturated rings. The van der Waals surface area contributed by atoms with Gasteiger partial charge in [0.2, 0.25) is 10.0 Å². The third-order valence-corrected chi connectivity index (χ3v) is 6.91. The van der Waals surface area contributed by atoms with Crippen molar-refractivity contribution >= 4 is 56.5 Å². The summed E-state index contributed by atoms with van der Waals surface area (Å²) in [5.41, 5.74) is 3.11. The summed E-state index contributed by atoms with van der Waals surface area (Å²) < 4.78 is 43.2. The molecule has 1 heterocycles. The van der Waals surface area contributed by atoms with Crippen LogP contribution in [0.2, 0.25) is 0 Å². The molecular weight excluding hydrogens is 418 g/mol. The minimum atomic E-state index is -3.75. The second-order valence-electron chi connectivity index (χ2n) is 7.25. The van der Waals surface area contributed by atoms with Gasteiger partial charge in [-0.15, -0.1) is 0 Å². The van der Waals surface area contributed by atoms with Crippen molar-refractivity contribution in [1.82, 2.24) is 9.29 Å². The number of sulfonamides is 1. The third-order valence-electron chi connectivity index (χ3n) is 5.37. The maximum atomic E-state index is 13.1. The summed E-state index contributed by atoms with van der Waals surface area (Å²) in [6, 6.07) is 12.3. The van der Waals surface area contributed by atoms with Gasteiger partial charge >= 0.3 is 35.5 Å². The van der Waals surface area contributed by atoms with Gasteiger partial charge in [0.25, 0.3) is 0 Å². The van der Waals surface area contributed by atoms with Crippen molar-refractivity contribution in [3.05, 3.63) is 65.6 Å². The van der Waals surface area contributed by atoms with Gasteiger partial charge in [-0.05, 0) is 55.2 Å². The fourth-order valence-electron chi connectivity index (χ4n) is 4.07. The molecule has 2 aromatic carbocycles. The molecule has 0 saturated heterocycles. The fourth-order valence-corrected chi connectivity index (χ4v) is 5.34. The monoisotopic (exact) mass is 440 g/mol. The Kier molecular flexibility index (Phi) is 7.04. The Labute approximate surface area is 196 Å². The molecule has 0 saturated carbocycles. The van der Waals surface area contributed by atoms with Crippen LogP contribution in [0.3, 0.4) is 0 Å². The van der Waals surface area contributed by atoms with Crippen LogP contribution in [-0.2, 0) is 34.2 Å². The van der Waals surface area contributed by atoms with E-state index in [1.807, 2.05) is 28.8 Å². The summed E-state index contributed by atoms with van der Waals surface area (Å²) >= 11 is 0. The van der Waals surface area contributed by atoms with E-state index in [0.717, 1.165) is 34.3 Å². The number of nitrogens with one attached hydrogen (secondary N) is 1. The van der Waals surface area contributed by atoms with Crippen LogP contribution in [0.1, 0.15) is 24.1 Å². The van der Waals surface area contributed by atoms with Gasteiger partial charge in [-0.3, -0.25) is 4.79 Å². The van der Waals surface area contributed by atoms with E-state index < -0.39 is 21.8 Å². The van der Waals surface area contributed by atoms with Crippen molar-refractivity contribution in [2.45, 2.75) is 43.2 Å². The number of para-hydroxylation sites is 1. The van der Waals surface area contributed by atoms with E-state index in [-0.39, 0.29) is 46.9 Å². The fraction of sp³-hybridized carbons (Fsp3) is 0.286. The van der Waals surface area contributed by atoms with Crippen LogP contribution in [0.5, 0.6) is 0 Å². The third kappa shape index (κ3) is 4.63. The van der Waals surface area contributed by atoms with E-state index >= 15 is 0 Å². The van der Waals surface area contributed by atoms with Crippen LogP contribution in [0.4, 0.5) is 4.39 Å². The van der Waals surface area contributed by atoms with Crippen LogP contribution < -0.4 is 4.72 Å². The normalized spacial score (nSPS) is 16.1. The number of hydrogen-bond donors (Lipinski definition) is 2. The number of benzene rings is 2. The predicted molar refractivity (Wildman–Crippen MR) is 114 cm³/mol. The number of carboxylic acids is 1. The molecule has 30 heavy (non-hydrogen) atoms. The van der Waals surface area contributed by atoms with Gasteiger partial charge in [0, 0.05) is 29.2 Å². The minimum absolute atomic E-state index is 0. The van der Waals surface area contributed by atoms with Gasteiger partial charge < -0.3 is 9.67 Å². The molecular formula is C21H22FN2NaO4S. The number of aromatic nitrogens is 1. The first-order valence-electron chi connectivity index (χ1n) is 9.44. The molecule has 154 valence electrons. The first-order valence-corrected chi connectivity index (χ1v) is 10.9. The molecule has 1 unspecified atom stereocenters. The molecule has 0 spiro atoms. The summed E-state index contributed by atoms with van der Waals surface area (Å²) in [7, 11) is -3.75. The average molecular weight is 440 g/mol. The number of carbonyl (C=O) groups is 1. The van der Waals surface area contributed by atoms with Crippen molar-refractivity contribution in [1.29, 1.82) is 0 Å². The molecule has 6 nitrogen and oxygen atoms in total. The Morgan fingerprint density at radius 2 is 1.87 bits per heavy atom. The Morgan fingerprint density at radius 3 is 2.57 bits per heavy atom. The number of aliphatic carboxylic acids is 1. The Hall–Kier alpha value is -1.71. The molecule has 0 aliphatic heterocycles. The number of nitrogens with zero attached hydrogens (tertiary/aromatic N) is 1. The van der Waals surface area contributed by atoms with Crippen LogP contribution >= 0.6 is 0 Å². The Morgan fingerprint density at radius 1 is 1.17 bits per heavy atom. The molecule has 1 atom stereocenters. The topological polar surface area (TPSA) is 88.4 Å². The van der Waals surface area contributed by atoms with Gasteiger partial charge in [-0.25, -0.2) is 17.5 Å². The molecule has 9 heteroatoms. The summed E-state index contributed by atoms with van der Waals surface area (Å²) in [6.07, 6.45) is 1.82. The van der Waals surface area contributed by atoms with Crippen molar-refractivity contribution in [2.75, 3.05) is 0 Å². The van der Waals surface area contributed by atoms with E-state index in [1.54, 1.807) is 0 Å². The zero-order valence-corrected chi connectivity index (χ0v) is 16.5. The summed E-state index contributed by atoms with van der Waals surface area (Å²) in [5, 5.41) is 10.1. The van der Waals surface area contributed by atoms with E-state index in [4.69, 9.17) is 5.11 Å². The molecule has 0 amide bonds. The van der Waals surface area contributed by atoms with E-state index in [0.29, 0.717) is 25.8 Å². The predicted octanol–water partition coefficient (Wildman–Crippen LogP) is 2.44. The van der Waals surface area contributed by atoms with Crippen molar-refractivity contribution in [3.63, 3.8) is 0 Å². The second kappa shape index (κ2) is 9.20. The molecule has 0 bridgehead atoms. The number of hydrogen-bond acceptors (Lipinski definition) is 3. The quantitative estimate of drug-likeness (QED) is 0.577. The number of carboxylic acid groups (broad SMARTS) is 1. The van der Waals surface area contributed by atoms with Crippen LogP contribution in [0.25, 0.3) is 10.9 Å². The summed E-state index contributed by atoms with van der Waals surface area (Å²) in [5.74, 6) is -1.34. The van der Waals surface area contributed by atoms with Gasteiger partial charge in [0.1, 0.15) is 5.82 Å². The SMILES string of the molecule is O=C(O)CCn1c2c(c3ccccc31)CC(NS(=O)(=O)c1ccc(F)cc1)CC2.[NaH]. The average Bonchev–Trinajstić information content (AvgIpc) is 2.99. The van der Waals surface area contributed by atoms with E-state index in [1.165, 1.54) is 12.1 Å². The summed E-state index contributed by atoms with van der Waals surface area (Å²) in [4.78, 5) is 11.1. The molecule has 1 aromatic heterocycles. The van der Waals surface area contributed by atoms with Gasteiger partial charge in [-0.2, -0.15) is 0 Å². The molecule has 1 aliphatic carbocycles. The number of halogens is 1. The van der Waals surface area contributed by atoms with Gasteiger partial charge in [-0.1, -0.05) is 18.2 Å². The Balaban J connectivity index is 0.00000256. The summed E-state index contributed by atoms with van der Waals surface area (Å²) in [6.45, 7) is 0.386. The molecule has 1 aliphatic rings. The van der Waals surface area contributed by atoms with Gasteiger partial charge in [0.05, 0.1) is 11.3 Å². The van der Waals surface area contributed by atoms with Crippen LogP contribution in [0.15, 0.2) is 53.4 Å². The number of aryl methyl sites for hydroxylation is 1. The molecule has 0 radical (unpaired) electrons. The molecule has 3 aromatic rings. The zero-order chi connectivity index (χ0) is 20.6. The van der Waals surface area contributed by atoms with Gasteiger partial charge in [0.15, 0.2) is 0 Å². The molecule has 2 N–H and O–H groups in total. The van der Waals surface area contributed by atoms with Crippen molar-refractivity contribution in [2.24, 2.45) is 0 Å². The van der Waals surface area contributed by atoms with Crippen LogP contribution in [0, 0.1) is 5.82 Å². The number of rotatable bonds is 6. The molecule has 4 rings (SSSR count). The van der Waals surface area contributed by atoms with Crippen LogP contribution in [-0.4, -0.2) is 59.7 Å². The zero-order valence-electron chi connectivity index (χ0n) is 15.6. The van der Waals surface area contributed by atoms with Crippen molar-refractivity contribution < 1.29 is 22.7 Å². The van der Waals surface area contributed by atoms with Crippen molar-refractivity contribution in [3.8, 4) is 0 Å². The standard InChI is InChI=1S/C21H21FN2O4S.Na.H/c22-14-5-8-16(9-6-14)29(27,28)23-15-7-10-20-18(13-15)17-3-1-2-4-19(17)24(20)12-11-21(25)26;;/h1-6,8-9,15,23H,7,10-13H2,(H,25,26);;. The second-order valence-corrected chi connectivity index (χ2v) is 8.97. The first-order chi connectivity index (χ1) is 13.8. The first kappa shape index (κ1) is 23.0. The number of fused-ring (bicyclic) bond motifs is 3.